The second-order valence-corrected chi connectivity index (χ2v) is 22.8. The molecule has 0 aromatic rings. The Labute approximate surface area is 433 Å². The van der Waals surface area contributed by atoms with Gasteiger partial charge >= 0.3 is 19.8 Å². The van der Waals surface area contributed by atoms with Gasteiger partial charge in [0.1, 0.15) is 19.8 Å². The molecule has 0 fully saturated rings. The van der Waals surface area contributed by atoms with Gasteiger partial charge in [-0.3, -0.25) is 18.6 Å². The van der Waals surface area contributed by atoms with Gasteiger partial charge in [0.05, 0.1) is 27.7 Å². The van der Waals surface area contributed by atoms with E-state index in [2.05, 4.69) is 50.3 Å². The number of hydrogen-bond acceptors (Lipinski definition) is 7. The van der Waals surface area contributed by atoms with Crippen molar-refractivity contribution in [3.63, 3.8) is 0 Å². The highest BCUT2D eigenvalue weighted by atomic mass is 31.2. The van der Waals surface area contributed by atoms with Crippen LogP contribution in [-0.2, 0) is 32.7 Å². The molecule has 0 aliphatic heterocycles. The van der Waals surface area contributed by atoms with E-state index >= 15 is 0 Å². The minimum Gasteiger partial charge on any atom is -0.462 e. The summed E-state index contributed by atoms with van der Waals surface area (Å²) in [6.45, 7) is 4.43. The smallest absolute Gasteiger partial charge is 0.462 e. The number of phosphoric acid groups is 1. The molecule has 0 aromatic carbocycles. The normalized spacial score (nSPS) is 13.5. The number of allylic oxidation sites excluding steroid dienone is 6. The lowest BCUT2D eigenvalue weighted by Crippen LogP contribution is -2.37. The number of quaternary nitrogens is 1. The van der Waals surface area contributed by atoms with Crippen molar-refractivity contribution >= 4 is 19.8 Å². The molecule has 0 aliphatic rings. The largest absolute Gasteiger partial charge is 0.472 e. The Hall–Kier alpha value is -1.77. The molecule has 412 valence electrons. The molecule has 0 saturated carbocycles. The highest BCUT2D eigenvalue weighted by Gasteiger charge is 2.27. The van der Waals surface area contributed by atoms with E-state index in [0.717, 1.165) is 70.6 Å². The summed E-state index contributed by atoms with van der Waals surface area (Å²) in [6, 6.07) is 0. The summed E-state index contributed by atoms with van der Waals surface area (Å²) in [5.74, 6) is -0.799. The van der Waals surface area contributed by atoms with Crippen LogP contribution in [0.5, 0.6) is 0 Å². The average Bonchev–Trinajstić information content (AvgIpc) is 3.32. The van der Waals surface area contributed by atoms with Gasteiger partial charge in [-0.2, -0.15) is 0 Å². The maximum atomic E-state index is 12.8. The number of carbonyl (C=O) groups is 2. The highest BCUT2D eigenvalue weighted by molar-refractivity contribution is 7.47. The Morgan fingerprint density at radius 2 is 0.771 bits per heavy atom. The van der Waals surface area contributed by atoms with Gasteiger partial charge in [-0.25, -0.2) is 4.57 Å². The van der Waals surface area contributed by atoms with Crippen LogP contribution in [0.15, 0.2) is 36.5 Å². The number of rotatable bonds is 55. The molecule has 0 rings (SSSR count). The summed E-state index contributed by atoms with van der Waals surface area (Å²) in [7, 11) is 1.48. The molecule has 0 radical (unpaired) electrons. The van der Waals surface area contributed by atoms with Crippen molar-refractivity contribution in [1.29, 1.82) is 0 Å². The van der Waals surface area contributed by atoms with Crippen molar-refractivity contribution in [1.82, 2.24) is 0 Å². The minimum absolute atomic E-state index is 0.0300. The Balaban J connectivity index is 4.10. The second-order valence-electron chi connectivity index (χ2n) is 21.4. The van der Waals surface area contributed by atoms with E-state index in [0.29, 0.717) is 23.9 Å². The zero-order valence-electron chi connectivity index (χ0n) is 46.8. The van der Waals surface area contributed by atoms with E-state index < -0.39 is 26.5 Å². The number of ether oxygens (including phenoxy) is 2. The number of likely N-dealkylation sites (N-methyl/N-ethyl adjacent to an activating group) is 1. The van der Waals surface area contributed by atoms with Crippen molar-refractivity contribution in [3.05, 3.63) is 36.5 Å². The molecule has 0 spiro atoms. The average molecular weight is 1010 g/mol. The predicted octanol–water partition coefficient (Wildman–Crippen LogP) is 18.4. The van der Waals surface area contributed by atoms with E-state index in [1.54, 1.807) is 0 Å². The molecule has 9 nitrogen and oxygen atoms in total. The molecule has 0 heterocycles. The quantitative estimate of drug-likeness (QED) is 0.0211. The summed E-state index contributed by atoms with van der Waals surface area (Å²) in [5.41, 5.74) is 0. The Kier molecular flexibility index (Phi) is 50.8. The van der Waals surface area contributed by atoms with Crippen LogP contribution in [0, 0.1) is 0 Å². The molecule has 70 heavy (non-hydrogen) atoms. The molecule has 0 aliphatic carbocycles. The van der Waals surface area contributed by atoms with Crippen LogP contribution in [0.2, 0.25) is 0 Å². The molecular weight excluding hydrogens is 894 g/mol. The summed E-state index contributed by atoms with van der Waals surface area (Å²) < 4.78 is 34.6. The van der Waals surface area contributed by atoms with Crippen molar-refractivity contribution in [3.8, 4) is 0 Å². The lowest BCUT2D eigenvalue weighted by molar-refractivity contribution is -0.870. The van der Waals surface area contributed by atoms with E-state index in [4.69, 9.17) is 18.5 Å². The van der Waals surface area contributed by atoms with Crippen LogP contribution >= 0.6 is 7.82 Å². The lowest BCUT2D eigenvalue weighted by atomic mass is 10.0. The molecule has 1 N–H and O–H groups in total. The van der Waals surface area contributed by atoms with Crippen LogP contribution in [0.25, 0.3) is 0 Å². The van der Waals surface area contributed by atoms with E-state index in [9.17, 15) is 19.0 Å². The highest BCUT2D eigenvalue weighted by Crippen LogP contribution is 2.43. The van der Waals surface area contributed by atoms with Gasteiger partial charge in [-0.05, 0) is 51.4 Å². The Bertz CT molecular complexity index is 1280. The van der Waals surface area contributed by atoms with Crippen molar-refractivity contribution in [2.75, 3.05) is 47.5 Å². The fraction of sp³-hybridized carbons (Fsp3) is 0.867. The van der Waals surface area contributed by atoms with Gasteiger partial charge in [0, 0.05) is 12.8 Å². The molecule has 0 amide bonds. The SMILES string of the molecule is CCCCC/C=C\C/C=C\C/C=C\CCCCCCCCC(=O)OC(COC(=O)CCCCCCCCCCCCCCCCCCCCCCCCCCCCC)COP(=O)(O)OCC[N+](C)(C)C. The van der Waals surface area contributed by atoms with Crippen molar-refractivity contribution in [2.24, 2.45) is 0 Å². The van der Waals surface area contributed by atoms with Gasteiger partial charge < -0.3 is 18.9 Å². The van der Waals surface area contributed by atoms with E-state index in [1.165, 1.54) is 180 Å². The Morgan fingerprint density at radius 3 is 1.17 bits per heavy atom. The van der Waals surface area contributed by atoms with Gasteiger partial charge in [0.2, 0.25) is 0 Å². The van der Waals surface area contributed by atoms with Crippen LogP contribution in [-0.4, -0.2) is 74.9 Å². The number of carbonyl (C=O) groups excluding carboxylic acids is 2. The Morgan fingerprint density at radius 1 is 0.443 bits per heavy atom. The summed E-state index contributed by atoms with van der Waals surface area (Å²) in [6.07, 6.45) is 63.6. The maximum Gasteiger partial charge on any atom is 0.472 e. The van der Waals surface area contributed by atoms with Gasteiger partial charge in [0.25, 0.3) is 0 Å². The van der Waals surface area contributed by atoms with Gasteiger partial charge in [0.15, 0.2) is 6.10 Å². The van der Waals surface area contributed by atoms with Gasteiger partial charge in [-0.15, -0.1) is 0 Å². The molecule has 2 atom stereocenters. The monoisotopic (exact) mass is 1010 g/mol. The first-order chi connectivity index (χ1) is 34.0. The topological polar surface area (TPSA) is 108 Å². The second kappa shape index (κ2) is 52.1. The zero-order chi connectivity index (χ0) is 51.3. The number of phosphoric ester groups is 1. The molecule has 0 saturated heterocycles. The van der Waals surface area contributed by atoms with Crippen LogP contribution in [0.4, 0.5) is 0 Å². The van der Waals surface area contributed by atoms with Crippen LogP contribution in [0.3, 0.4) is 0 Å². The zero-order valence-corrected chi connectivity index (χ0v) is 47.7. The minimum atomic E-state index is -4.39. The molecular formula is C60H115NO8P+. The molecule has 2 unspecified atom stereocenters. The third kappa shape index (κ3) is 55.5. The fourth-order valence-electron chi connectivity index (χ4n) is 8.55. The first-order valence-electron chi connectivity index (χ1n) is 29.7. The number of nitrogens with zero attached hydrogens (tertiary/aromatic N) is 1. The third-order valence-corrected chi connectivity index (χ3v) is 14.2. The van der Waals surface area contributed by atoms with Crippen molar-refractivity contribution in [2.45, 2.75) is 290 Å². The third-order valence-electron chi connectivity index (χ3n) is 13.2. The first kappa shape index (κ1) is 68.2. The standard InChI is InChI=1S/C60H114NO8P/c1-6-8-10-12-14-16-18-20-22-24-26-27-28-29-30-31-32-33-35-36-38-40-42-44-46-48-50-52-59(62)66-56-58(57-68-70(64,65)67-55-54-61(3,4)5)69-60(63)53-51-49-47-45-43-41-39-37-34-25-23-21-19-17-15-13-11-9-7-2/h15,17,21,23,34,37,58H,6-14,16,18-20,22,24-33,35-36,38-57H2,1-5H3/p+1/b17-15-,23-21-,37-34-. The molecule has 0 bridgehead atoms. The maximum absolute atomic E-state index is 12.8. The van der Waals surface area contributed by atoms with E-state index in [-0.39, 0.29) is 25.6 Å². The number of unbranched alkanes of at least 4 members (excludes halogenated alkanes) is 35. The predicted molar refractivity (Wildman–Crippen MR) is 298 cm³/mol. The molecule has 0 aromatic heterocycles. The van der Waals surface area contributed by atoms with Gasteiger partial charge in [-0.1, -0.05) is 256 Å². The number of esters is 2. The molecule has 10 heteroatoms. The summed E-state index contributed by atoms with van der Waals surface area (Å²) in [5, 5.41) is 0. The van der Waals surface area contributed by atoms with Crippen molar-refractivity contribution < 1.29 is 42.1 Å². The van der Waals surface area contributed by atoms with Crippen LogP contribution in [0.1, 0.15) is 284 Å². The fourth-order valence-corrected chi connectivity index (χ4v) is 9.30. The first-order valence-corrected chi connectivity index (χ1v) is 31.2. The summed E-state index contributed by atoms with van der Waals surface area (Å²) in [4.78, 5) is 35.7. The summed E-state index contributed by atoms with van der Waals surface area (Å²) >= 11 is 0. The van der Waals surface area contributed by atoms with Crippen LogP contribution < -0.4 is 0 Å². The van der Waals surface area contributed by atoms with E-state index in [1.807, 2.05) is 21.1 Å². The lowest BCUT2D eigenvalue weighted by Gasteiger charge is -2.24. The number of hydrogen-bond donors (Lipinski definition) is 1.